The van der Waals surface area contributed by atoms with Crippen LogP contribution in [-0.2, 0) is 6.54 Å². The summed E-state index contributed by atoms with van der Waals surface area (Å²) in [6.07, 6.45) is 0. The molecule has 0 unspecified atom stereocenters. The van der Waals surface area contributed by atoms with Crippen LogP contribution in [0, 0.1) is 0 Å². The SMILES string of the molecule is O=c1oc2nnn(Cc3ccccc3)c2o1. The lowest BCUT2D eigenvalue weighted by molar-refractivity contribution is 0.388. The van der Waals surface area contributed by atoms with Gasteiger partial charge in [-0.25, -0.2) is 9.48 Å². The maximum Gasteiger partial charge on any atom is 0.522 e. The Hall–Kier alpha value is -2.37. The second-order valence-corrected chi connectivity index (χ2v) is 3.30. The van der Waals surface area contributed by atoms with Crippen LogP contribution < -0.4 is 5.82 Å². The van der Waals surface area contributed by atoms with Gasteiger partial charge in [0.1, 0.15) is 0 Å². The van der Waals surface area contributed by atoms with Crippen LogP contribution in [-0.4, -0.2) is 15.0 Å². The molecule has 0 amide bonds. The van der Waals surface area contributed by atoms with Crippen LogP contribution in [0.3, 0.4) is 0 Å². The molecule has 2 heterocycles. The first kappa shape index (κ1) is 8.90. The van der Waals surface area contributed by atoms with Crippen molar-refractivity contribution in [3.05, 3.63) is 46.5 Å². The Balaban J connectivity index is 2.03. The van der Waals surface area contributed by atoms with Gasteiger partial charge in [-0.3, -0.25) is 0 Å². The zero-order valence-electron chi connectivity index (χ0n) is 8.16. The topological polar surface area (TPSA) is 74.1 Å². The molecule has 0 saturated heterocycles. The van der Waals surface area contributed by atoms with E-state index in [9.17, 15) is 4.79 Å². The Morgan fingerprint density at radius 2 is 2.00 bits per heavy atom. The van der Waals surface area contributed by atoms with E-state index in [4.69, 9.17) is 4.42 Å². The van der Waals surface area contributed by atoms with E-state index < -0.39 is 5.82 Å². The summed E-state index contributed by atoms with van der Waals surface area (Å²) in [5.74, 6) is -0.762. The van der Waals surface area contributed by atoms with Crippen LogP contribution in [0.5, 0.6) is 0 Å². The van der Waals surface area contributed by atoms with E-state index >= 15 is 0 Å². The van der Waals surface area contributed by atoms with Crippen molar-refractivity contribution in [1.82, 2.24) is 15.0 Å². The minimum Gasteiger partial charge on any atom is -0.370 e. The van der Waals surface area contributed by atoms with Gasteiger partial charge in [0, 0.05) is 0 Å². The van der Waals surface area contributed by atoms with Crippen LogP contribution >= 0.6 is 0 Å². The van der Waals surface area contributed by atoms with E-state index in [0.29, 0.717) is 6.54 Å². The molecular weight excluding hydrogens is 210 g/mol. The third-order valence-electron chi connectivity index (χ3n) is 2.20. The van der Waals surface area contributed by atoms with Gasteiger partial charge in [0.25, 0.3) is 5.71 Å². The van der Waals surface area contributed by atoms with E-state index in [-0.39, 0.29) is 11.4 Å². The van der Waals surface area contributed by atoms with Gasteiger partial charge < -0.3 is 8.83 Å². The number of benzene rings is 1. The molecule has 0 saturated carbocycles. The summed E-state index contributed by atoms with van der Waals surface area (Å²) >= 11 is 0. The molecule has 0 fully saturated rings. The Kier molecular flexibility index (Phi) is 1.86. The lowest BCUT2D eigenvalue weighted by Crippen LogP contribution is -2.02. The van der Waals surface area contributed by atoms with Gasteiger partial charge in [0.05, 0.1) is 6.54 Å². The molecule has 0 bridgehead atoms. The Bertz CT molecular complexity index is 665. The molecule has 1 aromatic carbocycles. The second kappa shape index (κ2) is 3.34. The van der Waals surface area contributed by atoms with Crippen LogP contribution in [0.4, 0.5) is 0 Å². The van der Waals surface area contributed by atoms with Gasteiger partial charge in [-0.2, -0.15) is 0 Å². The van der Waals surface area contributed by atoms with Crippen LogP contribution in [0.25, 0.3) is 11.4 Å². The van der Waals surface area contributed by atoms with Crippen molar-refractivity contribution >= 4 is 11.4 Å². The minimum atomic E-state index is -0.762. The maximum atomic E-state index is 10.8. The highest BCUT2D eigenvalue weighted by atomic mass is 16.6. The summed E-state index contributed by atoms with van der Waals surface area (Å²) in [5.41, 5.74) is 1.42. The van der Waals surface area contributed by atoms with Crippen molar-refractivity contribution in [3.8, 4) is 0 Å². The average Bonchev–Trinajstić information content (AvgIpc) is 2.81. The largest absolute Gasteiger partial charge is 0.522 e. The fourth-order valence-corrected chi connectivity index (χ4v) is 1.49. The number of nitrogens with zero attached hydrogens (tertiary/aromatic N) is 3. The molecular formula is C10H7N3O3. The van der Waals surface area contributed by atoms with Crippen molar-refractivity contribution in [2.75, 3.05) is 0 Å². The number of hydrogen-bond donors (Lipinski definition) is 0. The molecule has 0 N–H and O–H groups in total. The van der Waals surface area contributed by atoms with Crippen LogP contribution in [0.15, 0.2) is 44.0 Å². The number of rotatable bonds is 2. The van der Waals surface area contributed by atoms with Crippen molar-refractivity contribution in [3.63, 3.8) is 0 Å². The number of hydrogen-bond acceptors (Lipinski definition) is 5. The first-order chi connectivity index (χ1) is 7.83. The third kappa shape index (κ3) is 1.40. The smallest absolute Gasteiger partial charge is 0.370 e. The minimum absolute atomic E-state index is 0.126. The zero-order valence-corrected chi connectivity index (χ0v) is 8.16. The second-order valence-electron chi connectivity index (χ2n) is 3.30. The zero-order chi connectivity index (χ0) is 11.0. The van der Waals surface area contributed by atoms with Crippen molar-refractivity contribution in [1.29, 1.82) is 0 Å². The maximum absolute atomic E-state index is 10.8. The van der Waals surface area contributed by atoms with Crippen molar-refractivity contribution < 1.29 is 8.83 Å². The molecule has 16 heavy (non-hydrogen) atoms. The molecule has 2 aromatic heterocycles. The monoisotopic (exact) mass is 217 g/mol. The van der Waals surface area contributed by atoms with E-state index in [1.807, 2.05) is 30.3 Å². The lowest BCUT2D eigenvalue weighted by Gasteiger charge is -1.98. The van der Waals surface area contributed by atoms with Gasteiger partial charge in [-0.15, -0.1) is 0 Å². The first-order valence-corrected chi connectivity index (χ1v) is 4.70. The quantitative estimate of drug-likeness (QED) is 0.640. The first-order valence-electron chi connectivity index (χ1n) is 4.70. The summed E-state index contributed by atoms with van der Waals surface area (Å²) in [6.45, 7) is 0.486. The fraction of sp³-hybridized carbons (Fsp3) is 0.100. The van der Waals surface area contributed by atoms with E-state index in [1.165, 1.54) is 4.68 Å². The van der Waals surface area contributed by atoms with Crippen LogP contribution in [0.1, 0.15) is 5.56 Å². The van der Waals surface area contributed by atoms with E-state index in [1.54, 1.807) is 0 Å². The normalized spacial score (nSPS) is 11.0. The summed E-state index contributed by atoms with van der Waals surface area (Å²) in [7, 11) is 0. The summed E-state index contributed by atoms with van der Waals surface area (Å²) < 4.78 is 11.0. The van der Waals surface area contributed by atoms with Gasteiger partial charge in [0.2, 0.25) is 0 Å². The highest BCUT2D eigenvalue weighted by Gasteiger charge is 2.12. The van der Waals surface area contributed by atoms with Gasteiger partial charge in [-0.1, -0.05) is 40.6 Å². The van der Waals surface area contributed by atoms with Crippen molar-refractivity contribution in [2.24, 2.45) is 0 Å². The molecule has 80 valence electrons. The number of fused-ring (bicyclic) bond motifs is 1. The summed E-state index contributed by atoms with van der Waals surface area (Å²) in [5, 5.41) is 7.52. The molecule has 0 radical (unpaired) electrons. The molecule has 0 spiro atoms. The Labute approximate surface area is 89.1 Å². The van der Waals surface area contributed by atoms with Gasteiger partial charge in [-0.05, 0) is 5.56 Å². The van der Waals surface area contributed by atoms with E-state index in [0.717, 1.165) is 5.56 Å². The lowest BCUT2D eigenvalue weighted by atomic mass is 10.2. The molecule has 6 heteroatoms. The predicted octanol–water partition coefficient (Wildman–Crippen LogP) is 1.03. The fourth-order valence-electron chi connectivity index (χ4n) is 1.49. The third-order valence-corrected chi connectivity index (χ3v) is 2.20. The molecule has 3 rings (SSSR count). The van der Waals surface area contributed by atoms with Gasteiger partial charge in [0.15, 0.2) is 0 Å². The predicted molar refractivity (Wildman–Crippen MR) is 53.9 cm³/mol. The average molecular weight is 217 g/mol. The Morgan fingerprint density at radius 1 is 1.19 bits per heavy atom. The highest BCUT2D eigenvalue weighted by molar-refractivity contribution is 5.58. The molecule has 0 aliphatic heterocycles. The van der Waals surface area contributed by atoms with Crippen molar-refractivity contribution in [2.45, 2.75) is 6.54 Å². The van der Waals surface area contributed by atoms with Crippen LogP contribution in [0.2, 0.25) is 0 Å². The highest BCUT2D eigenvalue weighted by Crippen LogP contribution is 2.10. The summed E-state index contributed by atoms with van der Waals surface area (Å²) in [4.78, 5) is 10.8. The number of aromatic nitrogens is 3. The molecule has 6 nitrogen and oxygen atoms in total. The molecule has 0 aliphatic carbocycles. The molecule has 0 aliphatic rings. The molecule has 3 aromatic rings. The van der Waals surface area contributed by atoms with E-state index in [2.05, 4.69) is 14.7 Å². The Morgan fingerprint density at radius 3 is 2.81 bits per heavy atom. The standard InChI is InChI=1S/C10H7N3O3/c14-10-15-8-9(16-10)13(12-11-8)6-7-4-2-1-3-5-7/h1-5H,6H2. The molecule has 0 atom stereocenters. The summed E-state index contributed by atoms with van der Waals surface area (Å²) in [6, 6.07) is 9.68. The van der Waals surface area contributed by atoms with Gasteiger partial charge >= 0.3 is 11.5 Å².